The van der Waals surface area contributed by atoms with Crippen molar-refractivity contribution in [2.45, 2.75) is 97.9 Å². The number of hydrogen-bond acceptors (Lipinski definition) is 9. The monoisotopic (exact) mass is 955 g/mol. The predicted molar refractivity (Wildman–Crippen MR) is 272 cm³/mol. The number of nitrogens with zero attached hydrogens (tertiary/aromatic N) is 6. The fraction of sp³-hybridized carbons (Fsp3) is 0.473. The number of aromatic hydroxyl groups is 1. The van der Waals surface area contributed by atoms with E-state index >= 15 is 0 Å². The number of carbonyl (C=O) groups is 5. The van der Waals surface area contributed by atoms with Gasteiger partial charge in [-0.2, -0.15) is 0 Å². The molecule has 2 saturated heterocycles. The summed E-state index contributed by atoms with van der Waals surface area (Å²) in [4.78, 5) is 74.8. The molecule has 1 unspecified atom stereocenters. The summed E-state index contributed by atoms with van der Waals surface area (Å²) in [6.07, 6.45) is 3.24. The Morgan fingerprint density at radius 3 is 2.44 bits per heavy atom. The minimum atomic E-state index is -1.16. The van der Waals surface area contributed by atoms with Crippen LogP contribution in [0.2, 0.25) is 0 Å². The van der Waals surface area contributed by atoms with E-state index in [1.807, 2.05) is 19.9 Å². The van der Waals surface area contributed by atoms with Gasteiger partial charge in [-0.1, -0.05) is 58.5 Å². The Balaban J connectivity index is 1.20. The van der Waals surface area contributed by atoms with Crippen LogP contribution in [0.3, 0.4) is 0 Å². The van der Waals surface area contributed by atoms with Gasteiger partial charge in [0.25, 0.3) is 5.91 Å². The summed E-state index contributed by atoms with van der Waals surface area (Å²) in [6, 6.07) is 17.6. The van der Waals surface area contributed by atoms with Gasteiger partial charge in [-0.25, -0.2) is 5.43 Å². The van der Waals surface area contributed by atoms with Gasteiger partial charge in [-0.3, -0.25) is 29.0 Å². The number of hydrogen-bond donors (Lipinski definition) is 3. The molecule has 0 saturated carbocycles. The lowest BCUT2D eigenvalue weighted by Gasteiger charge is -2.37. The zero-order valence-corrected chi connectivity index (χ0v) is 42.3. The second-order valence-electron chi connectivity index (χ2n) is 21.0. The van der Waals surface area contributed by atoms with E-state index in [2.05, 4.69) is 116 Å². The second-order valence-corrected chi connectivity index (χ2v) is 21.0. The number of amides is 4. The number of rotatable bonds is 10. The van der Waals surface area contributed by atoms with Gasteiger partial charge >= 0.3 is 5.97 Å². The zero-order valence-electron chi connectivity index (χ0n) is 42.3. The molecule has 0 radical (unpaired) electrons. The van der Waals surface area contributed by atoms with Crippen LogP contribution in [-0.4, -0.2) is 129 Å². The lowest BCUT2D eigenvalue weighted by Crippen LogP contribution is -2.62. The van der Waals surface area contributed by atoms with Gasteiger partial charge in [0.2, 0.25) is 17.7 Å². The third-order valence-electron chi connectivity index (χ3n) is 14.4. The molecule has 5 aromatic rings. The quantitative estimate of drug-likeness (QED) is 0.106. The molecule has 15 nitrogen and oxygen atoms in total. The van der Waals surface area contributed by atoms with E-state index in [1.165, 1.54) is 27.1 Å². The highest BCUT2D eigenvalue weighted by Gasteiger charge is 2.40. The summed E-state index contributed by atoms with van der Waals surface area (Å²) in [7, 11) is 7.85. The molecule has 372 valence electrons. The Labute approximate surface area is 411 Å². The van der Waals surface area contributed by atoms with Crippen molar-refractivity contribution < 1.29 is 33.8 Å². The van der Waals surface area contributed by atoms with Crippen molar-refractivity contribution in [3.63, 3.8) is 0 Å². The van der Waals surface area contributed by atoms with Gasteiger partial charge in [0, 0.05) is 86.3 Å². The van der Waals surface area contributed by atoms with Crippen molar-refractivity contribution in [3.8, 4) is 28.1 Å². The van der Waals surface area contributed by atoms with Crippen LogP contribution in [0.15, 0.2) is 73.3 Å². The largest absolute Gasteiger partial charge is 0.508 e. The Kier molecular flexibility index (Phi) is 14.4. The van der Waals surface area contributed by atoms with Crippen LogP contribution < -0.4 is 10.7 Å². The van der Waals surface area contributed by atoms with Gasteiger partial charge in [0.15, 0.2) is 0 Å². The van der Waals surface area contributed by atoms with Crippen LogP contribution in [0, 0.1) is 17.3 Å². The standard InChI is InChI=1S/C55H70N8O7/c1-11-48(65)61-21-19-38(30-61)52(67)60(10)49(33(3)4)51(66)56-45-24-34-22-39(26-41(64)23-34)35-17-18-46-42(27-35)43(29-55(5,6)32-70-54(69)44-14-13-20-63(57-44)53(45)68)50(62(46)12-2)37-16-15-36-25-40(31-58(7)8)59(9)47(36)28-37/h11,15-18,22-23,25-28,33,38,44-45,49,57,64H,1,12-14,19-21,24,29-32H2,2-10H3,(H,56,66)/t38?,44-,45-,49-/m0/s1. The highest BCUT2D eigenvalue weighted by molar-refractivity contribution is 5.97. The first-order chi connectivity index (χ1) is 33.3. The lowest BCUT2D eigenvalue weighted by molar-refractivity contribution is -0.155. The second kappa shape index (κ2) is 20.1. The molecule has 0 aliphatic carbocycles. The molecule has 3 N–H and O–H groups in total. The number of esters is 1. The van der Waals surface area contributed by atoms with Gasteiger partial charge in [0.1, 0.15) is 23.9 Å². The molecule has 3 aromatic carbocycles. The van der Waals surface area contributed by atoms with Crippen molar-refractivity contribution in [3.05, 3.63) is 90.1 Å². The minimum absolute atomic E-state index is 0.00107. The molecule has 4 atom stereocenters. The number of fused-ring (bicyclic) bond motifs is 7. The normalized spacial score (nSPS) is 20.2. The SMILES string of the molecule is C=CC(=O)N1CCC(C(=O)N(C)[C@H](C(=O)N[C@H]2Cc3cc(O)cc(c3)-c3ccc4c(c3)c(c(-c3ccc5cc(CN(C)C)n(C)c5c3)n4CC)CC(C)(C)COC(=O)[C@@H]3CCCN(N3)C2=O)C(C)C)C1. The van der Waals surface area contributed by atoms with E-state index in [-0.39, 0.29) is 49.6 Å². The van der Waals surface area contributed by atoms with Gasteiger partial charge in [0.05, 0.1) is 18.2 Å². The molecule has 8 rings (SSSR count). The first kappa shape index (κ1) is 50.0. The number of nitrogens with one attached hydrogen (secondary N) is 2. The van der Waals surface area contributed by atoms with Crippen LogP contribution >= 0.6 is 0 Å². The van der Waals surface area contributed by atoms with Crippen LogP contribution in [0.1, 0.15) is 70.7 Å². The number of aromatic nitrogens is 2. The Bertz CT molecular complexity index is 2860. The Morgan fingerprint density at radius 2 is 1.73 bits per heavy atom. The summed E-state index contributed by atoms with van der Waals surface area (Å²) in [5.74, 6) is -2.80. The lowest BCUT2D eigenvalue weighted by atomic mass is 9.84. The van der Waals surface area contributed by atoms with E-state index in [4.69, 9.17) is 4.74 Å². The van der Waals surface area contributed by atoms with E-state index < -0.39 is 47.2 Å². The number of carbonyl (C=O) groups excluding carboxylic acids is 5. The number of hydrazine groups is 1. The molecule has 6 bridgehead atoms. The molecular weight excluding hydrogens is 885 g/mol. The van der Waals surface area contributed by atoms with Gasteiger partial charge < -0.3 is 39.0 Å². The summed E-state index contributed by atoms with van der Waals surface area (Å²) < 4.78 is 10.8. The van der Waals surface area contributed by atoms with Crippen LogP contribution in [0.25, 0.3) is 44.2 Å². The minimum Gasteiger partial charge on any atom is -0.508 e. The summed E-state index contributed by atoms with van der Waals surface area (Å²) in [6.45, 7) is 16.2. The number of aryl methyl sites for hydroxylation is 2. The molecule has 3 aliphatic heterocycles. The maximum atomic E-state index is 14.8. The zero-order chi connectivity index (χ0) is 50.3. The summed E-state index contributed by atoms with van der Waals surface area (Å²) in [5.41, 5.74) is 11.5. The fourth-order valence-corrected chi connectivity index (χ4v) is 10.9. The third-order valence-corrected chi connectivity index (χ3v) is 14.4. The average molecular weight is 955 g/mol. The number of ether oxygens (including phenoxy) is 1. The average Bonchev–Trinajstić information content (AvgIpc) is 4.02. The van der Waals surface area contributed by atoms with E-state index in [1.54, 1.807) is 24.1 Å². The molecule has 2 aromatic heterocycles. The molecule has 2 fully saturated rings. The first-order valence-corrected chi connectivity index (χ1v) is 24.7. The van der Waals surface area contributed by atoms with Crippen LogP contribution in [0.4, 0.5) is 0 Å². The highest BCUT2D eigenvalue weighted by Crippen LogP contribution is 2.41. The molecule has 5 heterocycles. The summed E-state index contributed by atoms with van der Waals surface area (Å²) >= 11 is 0. The van der Waals surface area contributed by atoms with Crippen molar-refractivity contribution in [2.75, 3.05) is 47.4 Å². The van der Waals surface area contributed by atoms with Gasteiger partial charge in [-0.05, 0) is 123 Å². The molecule has 4 amide bonds. The molecule has 0 spiro atoms. The number of phenolic OH excluding ortho intramolecular Hbond substituents is 1. The molecule has 3 aliphatic rings. The Hall–Kier alpha value is -6.45. The number of likely N-dealkylation sites (tertiary alicyclic amines) is 1. The topological polar surface area (TPSA) is 162 Å². The molecule has 70 heavy (non-hydrogen) atoms. The van der Waals surface area contributed by atoms with E-state index in [0.29, 0.717) is 44.3 Å². The maximum absolute atomic E-state index is 14.8. The third kappa shape index (κ3) is 10.1. The number of benzene rings is 3. The van der Waals surface area contributed by atoms with Crippen molar-refractivity contribution >= 4 is 51.4 Å². The van der Waals surface area contributed by atoms with Crippen molar-refractivity contribution in [2.24, 2.45) is 24.3 Å². The summed E-state index contributed by atoms with van der Waals surface area (Å²) in [5, 5.41) is 18.0. The fourth-order valence-electron chi connectivity index (χ4n) is 10.9. The van der Waals surface area contributed by atoms with Crippen molar-refractivity contribution in [1.82, 2.24) is 39.6 Å². The van der Waals surface area contributed by atoms with Gasteiger partial charge in [-0.15, -0.1) is 0 Å². The predicted octanol–water partition coefficient (Wildman–Crippen LogP) is 6.42. The van der Waals surface area contributed by atoms with Crippen LogP contribution in [-0.2, 0) is 61.7 Å². The number of cyclic esters (lactones) is 1. The molecule has 15 heteroatoms. The van der Waals surface area contributed by atoms with E-state index in [0.717, 1.165) is 50.9 Å². The number of phenols is 1. The highest BCUT2D eigenvalue weighted by atomic mass is 16.5. The van der Waals surface area contributed by atoms with Crippen molar-refractivity contribution in [1.29, 1.82) is 0 Å². The number of likely N-dealkylation sites (N-methyl/N-ethyl adjacent to an activating group) is 1. The van der Waals surface area contributed by atoms with Crippen LogP contribution in [0.5, 0.6) is 5.75 Å². The smallest absolute Gasteiger partial charge is 0.324 e. The van der Waals surface area contributed by atoms with E-state index in [9.17, 15) is 29.1 Å². The molecular formula is C55H70N8O7. The maximum Gasteiger partial charge on any atom is 0.324 e. The Morgan fingerprint density at radius 1 is 0.971 bits per heavy atom. The first-order valence-electron chi connectivity index (χ1n) is 24.7.